The molecule has 1 aromatic carbocycles. The number of sulfonamides is 1. The fourth-order valence-electron chi connectivity index (χ4n) is 2.01. The molecule has 19 heavy (non-hydrogen) atoms. The van der Waals surface area contributed by atoms with E-state index in [9.17, 15) is 8.42 Å². The average Bonchev–Trinajstić information content (AvgIpc) is 2.39. The van der Waals surface area contributed by atoms with Crippen LogP contribution in [0.15, 0.2) is 29.2 Å². The Morgan fingerprint density at radius 1 is 1.00 bits per heavy atom. The van der Waals surface area contributed by atoms with Gasteiger partial charge in [-0.2, -0.15) is 4.31 Å². The third kappa shape index (κ3) is 4.32. The van der Waals surface area contributed by atoms with E-state index in [0.717, 1.165) is 31.2 Å². The average molecular weight is 283 g/mol. The molecule has 1 rings (SSSR count). The first-order chi connectivity index (χ1) is 9.04. The second kappa shape index (κ2) is 7.65. The Morgan fingerprint density at radius 3 is 2.00 bits per heavy atom. The van der Waals surface area contributed by atoms with Crippen LogP contribution < -0.4 is 0 Å². The number of rotatable bonds is 8. The molecule has 0 bridgehead atoms. The number of unbranched alkanes of at least 4 members (excludes halogenated alkanes) is 2. The van der Waals surface area contributed by atoms with E-state index in [2.05, 4.69) is 13.8 Å². The molecule has 0 unspecified atom stereocenters. The normalized spacial score (nSPS) is 12.0. The van der Waals surface area contributed by atoms with Gasteiger partial charge in [-0.3, -0.25) is 0 Å². The van der Waals surface area contributed by atoms with E-state index in [0.29, 0.717) is 18.0 Å². The van der Waals surface area contributed by atoms with Crippen molar-refractivity contribution in [2.24, 2.45) is 0 Å². The van der Waals surface area contributed by atoms with Gasteiger partial charge in [0.15, 0.2) is 0 Å². The zero-order chi connectivity index (χ0) is 14.3. The summed E-state index contributed by atoms with van der Waals surface area (Å²) < 4.78 is 27.0. The second-order valence-electron chi connectivity index (χ2n) is 4.88. The van der Waals surface area contributed by atoms with Gasteiger partial charge in [-0.15, -0.1) is 0 Å². The summed E-state index contributed by atoms with van der Waals surface area (Å²) in [7, 11) is -3.34. The first-order valence-electron chi connectivity index (χ1n) is 7.09. The van der Waals surface area contributed by atoms with E-state index in [1.54, 1.807) is 16.4 Å². The number of hydrogen-bond acceptors (Lipinski definition) is 2. The Morgan fingerprint density at radius 2 is 1.53 bits per heavy atom. The van der Waals surface area contributed by atoms with E-state index in [4.69, 9.17) is 0 Å². The van der Waals surface area contributed by atoms with Gasteiger partial charge in [-0.1, -0.05) is 44.9 Å². The van der Waals surface area contributed by atoms with Crippen LogP contribution >= 0.6 is 0 Å². The Bertz CT molecular complexity index is 475. The molecular formula is C15H25NO2S. The lowest BCUT2D eigenvalue weighted by Crippen LogP contribution is -2.33. The van der Waals surface area contributed by atoms with E-state index >= 15 is 0 Å². The Kier molecular flexibility index (Phi) is 6.52. The fourth-order valence-corrected chi connectivity index (χ4v) is 3.75. The molecule has 0 atom stereocenters. The van der Waals surface area contributed by atoms with Crippen LogP contribution in [-0.4, -0.2) is 25.8 Å². The predicted octanol–water partition coefficient (Wildman–Crippen LogP) is 3.59. The third-order valence-electron chi connectivity index (χ3n) is 3.23. The van der Waals surface area contributed by atoms with Crippen molar-refractivity contribution in [3.05, 3.63) is 29.8 Å². The SMILES string of the molecule is CCCCN(CCCC)S(=O)(=O)c1ccccc1C. The maximum absolute atomic E-state index is 12.7. The molecule has 0 aliphatic carbocycles. The van der Waals surface area contributed by atoms with Gasteiger partial charge >= 0.3 is 0 Å². The van der Waals surface area contributed by atoms with Crippen molar-refractivity contribution in [2.45, 2.75) is 51.3 Å². The minimum absolute atomic E-state index is 0.446. The van der Waals surface area contributed by atoms with Crippen LogP contribution in [0.1, 0.15) is 45.1 Å². The van der Waals surface area contributed by atoms with Crippen molar-refractivity contribution >= 4 is 10.0 Å². The predicted molar refractivity (Wildman–Crippen MR) is 79.8 cm³/mol. The lowest BCUT2D eigenvalue weighted by molar-refractivity contribution is 0.395. The number of aryl methyl sites for hydroxylation is 1. The highest BCUT2D eigenvalue weighted by molar-refractivity contribution is 7.89. The standard InChI is InChI=1S/C15H25NO2S/c1-4-6-12-16(13-7-5-2)19(17,18)15-11-9-8-10-14(15)3/h8-11H,4-7,12-13H2,1-3H3. The summed E-state index contributed by atoms with van der Waals surface area (Å²) in [5, 5.41) is 0. The molecule has 0 heterocycles. The summed E-state index contributed by atoms with van der Waals surface area (Å²) >= 11 is 0. The van der Waals surface area contributed by atoms with Crippen molar-refractivity contribution < 1.29 is 8.42 Å². The highest BCUT2D eigenvalue weighted by Crippen LogP contribution is 2.20. The summed E-state index contributed by atoms with van der Waals surface area (Å²) in [6.45, 7) is 7.25. The molecule has 0 amide bonds. The molecule has 0 aliphatic heterocycles. The van der Waals surface area contributed by atoms with Crippen LogP contribution in [0.4, 0.5) is 0 Å². The van der Waals surface area contributed by atoms with Crippen LogP contribution in [-0.2, 0) is 10.0 Å². The molecule has 0 aliphatic rings. The van der Waals surface area contributed by atoms with Crippen molar-refractivity contribution in [2.75, 3.05) is 13.1 Å². The maximum atomic E-state index is 12.7. The molecule has 1 aromatic rings. The molecular weight excluding hydrogens is 258 g/mol. The van der Waals surface area contributed by atoms with Gasteiger partial charge in [-0.25, -0.2) is 8.42 Å². The minimum atomic E-state index is -3.34. The van der Waals surface area contributed by atoms with Crippen molar-refractivity contribution in [1.82, 2.24) is 4.31 Å². The lowest BCUT2D eigenvalue weighted by Gasteiger charge is -2.22. The van der Waals surface area contributed by atoms with Gasteiger partial charge in [0.1, 0.15) is 0 Å². The fraction of sp³-hybridized carbons (Fsp3) is 0.600. The minimum Gasteiger partial charge on any atom is -0.207 e. The van der Waals surface area contributed by atoms with Gasteiger partial charge < -0.3 is 0 Å². The van der Waals surface area contributed by atoms with Crippen molar-refractivity contribution in [3.63, 3.8) is 0 Å². The van der Waals surface area contributed by atoms with Crippen LogP contribution in [0.25, 0.3) is 0 Å². The molecule has 0 fully saturated rings. The summed E-state index contributed by atoms with van der Waals surface area (Å²) in [6.07, 6.45) is 3.83. The first-order valence-corrected chi connectivity index (χ1v) is 8.53. The van der Waals surface area contributed by atoms with Gasteiger partial charge in [0.25, 0.3) is 0 Å². The van der Waals surface area contributed by atoms with Crippen molar-refractivity contribution in [3.8, 4) is 0 Å². The molecule has 3 nitrogen and oxygen atoms in total. The molecule has 0 aromatic heterocycles. The van der Waals surface area contributed by atoms with Gasteiger partial charge in [0.2, 0.25) is 10.0 Å². The zero-order valence-corrected chi connectivity index (χ0v) is 13.0. The summed E-state index contributed by atoms with van der Waals surface area (Å²) in [5.74, 6) is 0. The second-order valence-corrected chi connectivity index (χ2v) is 6.78. The van der Waals surface area contributed by atoms with E-state index < -0.39 is 10.0 Å². The monoisotopic (exact) mass is 283 g/mol. The highest BCUT2D eigenvalue weighted by atomic mass is 32.2. The van der Waals surface area contributed by atoms with Crippen LogP contribution in [0.3, 0.4) is 0 Å². The number of benzene rings is 1. The zero-order valence-electron chi connectivity index (χ0n) is 12.2. The smallest absolute Gasteiger partial charge is 0.207 e. The quantitative estimate of drug-likeness (QED) is 0.731. The van der Waals surface area contributed by atoms with E-state index in [-0.39, 0.29) is 0 Å². The van der Waals surface area contributed by atoms with Gasteiger partial charge in [-0.05, 0) is 31.4 Å². The largest absolute Gasteiger partial charge is 0.243 e. The molecule has 0 spiro atoms. The molecule has 0 saturated carbocycles. The molecule has 4 heteroatoms. The maximum Gasteiger partial charge on any atom is 0.243 e. The summed E-state index contributed by atoms with van der Waals surface area (Å²) in [4.78, 5) is 0.446. The number of nitrogens with zero attached hydrogens (tertiary/aromatic N) is 1. The molecule has 0 N–H and O–H groups in total. The first kappa shape index (κ1) is 16.2. The molecule has 108 valence electrons. The van der Waals surface area contributed by atoms with Gasteiger partial charge in [0.05, 0.1) is 4.90 Å². The summed E-state index contributed by atoms with van der Waals surface area (Å²) in [5.41, 5.74) is 0.820. The van der Waals surface area contributed by atoms with Crippen molar-refractivity contribution in [1.29, 1.82) is 0 Å². The molecule has 0 saturated heterocycles. The van der Waals surface area contributed by atoms with Crippen LogP contribution in [0.5, 0.6) is 0 Å². The van der Waals surface area contributed by atoms with Crippen LogP contribution in [0.2, 0.25) is 0 Å². The highest BCUT2D eigenvalue weighted by Gasteiger charge is 2.24. The van der Waals surface area contributed by atoms with E-state index in [1.165, 1.54) is 0 Å². The third-order valence-corrected chi connectivity index (χ3v) is 5.29. The van der Waals surface area contributed by atoms with Crippen LogP contribution in [0, 0.1) is 6.92 Å². The lowest BCUT2D eigenvalue weighted by atomic mass is 10.2. The van der Waals surface area contributed by atoms with E-state index in [1.807, 2.05) is 19.1 Å². The Hall–Kier alpha value is -0.870. The number of hydrogen-bond donors (Lipinski definition) is 0. The summed E-state index contributed by atoms with van der Waals surface area (Å²) in [6, 6.07) is 7.22. The van der Waals surface area contributed by atoms with Gasteiger partial charge in [0, 0.05) is 13.1 Å². The Balaban J connectivity index is 3.01. The topological polar surface area (TPSA) is 37.4 Å². The Labute approximate surface area is 117 Å². The molecule has 0 radical (unpaired) electrons.